The van der Waals surface area contributed by atoms with Gasteiger partial charge in [-0.15, -0.1) is 0 Å². The Morgan fingerprint density at radius 3 is 2.60 bits per heavy atom. The summed E-state index contributed by atoms with van der Waals surface area (Å²) in [5.74, 6) is -2.18. The topological polar surface area (TPSA) is 46.2 Å². The smallest absolute Gasteiger partial charge is 0.164 e. The Labute approximate surface area is 87.7 Å². The van der Waals surface area contributed by atoms with Crippen molar-refractivity contribution in [2.45, 2.75) is 19.4 Å². The van der Waals surface area contributed by atoms with Crippen LogP contribution in [0.5, 0.6) is 0 Å². The minimum absolute atomic E-state index is 0.0210. The first-order chi connectivity index (χ1) is 7.11. The van der Waals surface area contributed by atoms with Crippen LogP contribution in [-0.4, -0.2) is 11.7 Å². The first-order valence-electron chi connectivity index (χ1n) is 4.93. The molecular formula is C11H15F2NO. The number of aliphatic hydroxyl groups is 1. The highest BCUT2D eigenvalue weighted by Crippen LogP contribution is 2.26. The predicted octanol–water partition coefficient (Wildman–Crippen LogP) is 1.98. The second kappa shape index (κ2) is 5.19. The molecular weight excluding hydrogens is 200 g/mol. The van der Waals surface area contributed by atoms with E-state index in [-0.39, 0.29) is 18.0 Å². The van der Waals surface area contributed by atoms with Gasteiger partial charge in [0.2, 0.25) is 0 Å². The van der Waals surface area contributed by atoms with E-state index in [0.29, 0.717) is 6.42 Å². The molecule has 1 aromatic rings. The molecule has 0 aromatic heterocycles. The third-order valence-corrected chi connectivity index (χ3v) is 2.57. The SMILES string of the molecule is CCC(CN)C(O)c1cccc(F)c1F. The van der Waals surface area contributed by atoms with Crippen molar-refractivity contribution >= 4 is 0 Å². The lowest BCUT2D eigenvalue weighted by atomic mass is 9.93. The Hall–Kier alpha value is -1.00. The van der Waals surface area contributed by atoms with Gasteiger partial charge in [-0.25, -0.2) is 8.78 Å². The van der Waals surface area contributed by atoms with Gasteiger partial charge in [0.1, 0.15) is 0 Å². The largest absolute Gasteiger partial charge is 0.388 e. The second-order valence-corrected chi connectivity index (χ2v) is 3.49. The van der Waals surface area contributed by atoms with Crippen molar-refractivity contribution in [2.24, 2.45) is 11.7 Å². The molecule has 0 radical (unpaired) electrons. The maximum atomic E-state index is 13.3. The molecule has 0 heterocycles. The Morgan fingerprint density at radius 1 is 1.40 bits per heavy atom. The maximum absolute atomic E-state index is 13.3. The van der Waals surface area contributed by atoms with E-state index in [0.717, 1.165) is 6.07 Å². The molecule has 0 fully saturated rings. The Bertz CT molecular complexity index is 326. The summed E-state index contributed by atoms with van der Waals surface area (Å²) in [7, 11) is 0. The molecule has 0 aliphatic rings. The standard InChI is InChI=1S/C11H15F2NO/c1-2-7(6-14)11(15)8-4-3-5-9(12)10(8)13/h3-5,7,11,15H,2,6,14H2,1H3. The lowest BCUT2D eigenvalue weighted by molar-refractivity contribution is 0.105. The van der Waals surface area contributed by atoms with Crippen LogP contribution in [0.3, 0.4) is 0 Å². The van der Waals surface area contributed by atoms with Gasteiger partial charge in [0, 0.05) is 11.5 Å². The van der Waals surface area contributed by atoms with Gasteiger partial charge >= 0.3 is 0 Å². The fourth-order valence-corrected chi connectivity index (χ4v) is 1.52. The number of aliphatic hydroxyl groups excluding tert-OH is 1. The van der Waals surface area contributed by atoms with Gasteiger partial charge in [-0.2, -0.15) is 0 Å². The molecule has 0 spiro atoms. The number of benzene rings is 1. The van der Waals surface area contributed by atoms with Gasteiger partial charge in [-0.05, 0) is 19.0 Å². The second-order valence-electron chi connectivity index (χ2n) is 3.49. The van der Waals surface area contributed by atoms with Crippen LogP contribution in [-0.2, 0) is 0 Å². The summed E-state index contributed by atoms with van der Waals surface area (Å²) in [6.45, 7) is 2.09. The molecule has 2 atom stereocenters. The van der Waals surface area contributed by atoms with E-state index in [1.54, 1.807) is 0 Å². The minimum Gasteiger partial charge on any atom is -0.388 e. The minimum atomic E-state index is -1.05. The van der Waals surface area contributed by atoms with Crippen molar-refractivity contribution in [2.75, 3.05) is 6.54 Å². The summed E-state index contributed by atoms with van der Waals surface area (Å²) >= 11 is 0. The van der Waals surface area contributed by atoms with E-state index in [1.807, 2.05) is 6.92 Å². The van der Waals surface area contributed by atoms with Crippen LogP contribution in [0.4, 0.5) is 8.78 Å². The van der Waals surface area contributed by atoms with E-state index in [2.05, 4.69) is 0 Å². The average Bonchev–Trinajstić information content (AvgIpc) is 2.23. The number of nitrogens with two attached hydrogens (primary N) is 1. The highest BCUT2D eigenvalue weighted by Gasteiger charge is 2.22. The summed E-state index contributed by atoms with van der Waals surface area (Å²) in [5, 5.41) is 9.80. The number of hydrogen-bond acceptors (Lipinski definition) is 2. The molecule has 0 saturated heterocycles. The highest BCUT2D eigenvalue weighted by molar-refractivity contribution is 5.21. The van der Waals surface area contributed by atoms with Gasteiger partial charge in [0.25, 0.3) is 0 Å². The molecule has 3 N–H and O–H groups in total. The molecule has 0 bridgehead atoms. The maximum Gasteiger partial charge on any atom is 0.164 e. The molecule has 2 nitrogen and oxygen atoms in total. The van der Waals surface area contributed by atoms with Crippen LogP contribution in [0.25, 0.3) is 0 Å². The van der Waals surface area contributed by atoms with Crippen LogP contribution in [0.1, 0.15) is 25.0 Å². The number of halogens is 2. The summed E-state index contributed by atoms with van der Waals surface area (Å²) < 4.78 is 26.2. The molecule has 1 aromatic carbocycles. The van der Waals surface area contributed by atoms with Gasteiger partial charge in [0.15, 0.2) is 11.6 Å². The molecule has 0 aliphatic carbocycles. The normalized spacial score (nSPS) is 15.0. The van der Waals surface area contributed by atoms with Crippen LogP contribution >= 0.6 is 0 Å². The molecule has 15 heavy (non-hydrogen) atoms. The fourth-order valence-electron chi connectivity index (χ4n) is 1.52. The Kier molecular flexibility index (Phi) is 4.17. The zero-order chi connectivity index (χ0) is 11.4. The highest BCUT2D eigenvalue weighted by atomic mass is 19.2. The van der Waals surface area contributed by atoms with Crippen molar-refractivity contribution in [3.05, 3.63) is 35.4 Å². The zero-order valence-corrected chi connectivity index (χ0v) is 8.58. The lowest BCUT2D eigenvalue weighted by Crippen LogP contribution is -2.22. The summed E-state index contributed by atoms with van der Waals surface area (Å²) in [6, 6.07) is 3.77. The monoisotopic (exact) mass is 215 g/mol. The third kappa shape index (κ3) is 2.52. The van der Waals surface area contributed by atoms with Gasteiger partial charge < -0.3 is 10.8 Å². The quantitative estimate of drug-likeness (QED) is 0.806. The molecule has 0 saturated carbocycles. The van der Waals surface area contributed by atoms with Crippen LogP contribution in [0.2, 0.25) is 0 Å². The summed E-state index contributed by atoms with van der Waals surface area (Å²) in [5.41, 5.74) is 5.41. The Balaban J connectivity index is 2.99. The van der Waals surface area contributed by atoms with E-state index < -0.39 is 17.7 Å². The third-order valence-electron chi connectivity index (χ3n) is 2.57. The van der Waals surface area contributed by atoms with Gasteiger partial charge in [0.05, 0.1) is 6.10 Å². The predicted molar refractivity (Wildman–Crippen MR) is 54.2 cm³/mol. The van der Waals surface area contributed by atoms with Gasteiger partial charge in [-0.3, -0.25) is 0 Å². The lowest BCUT2D eigenvalue weighted by Gasteiger charge is -2.20. The van der Waals surface area contributed by atoms with Crippen molar-refractivity contribution in [3.63, 3.8) is 0 Å². The summed E-state index contributed by atoms with van der Waals surface area (Å²) in [6.07, 6.45) is -0.427. The van der Waals surface area contributed by atoms with Crippen molar-refractivity contribution in [3.8, 4) is 0 Å². The van der Waals surface area contributed by atoms with Crippen molar-refractivity contribution < 1.29 is 13.9 Å². The zero-order valence-electron chi connectivity index (χ0n) is 8.58. The molecule has 4 heteroatoms. The van der Waals surface area contributed by atoms with Crippen molar-refractivity contribution in [1.82, 2.24) is 0 Å². The van der Waals surface area contributed by atoms with Crippen LogP contribution < -0.4 is 5.73 Å². The van der Waals surface area contributed by atoms with E-state index in [9.17, 15) is 13.9 Å². The van der Waals surface area contributed by atoms with E-state index >= 15 is 0 Å². The van der Waals surface area contributed by atoms with Gasteiger partial charge in [-0.1, -0.05) is 19.1 Å². The van der Waals surface area contributed by atoms with Crippen molar-refractivity contribution in [1.29, 1.82) is 0 Å². The molecule has 84 valence electrons. The van der Waals surface area contributed by atoms with E-state index in [4.69, 9.17) is 5.73 Å². The molecule has 2 unspecified atom stereocenters. The number of rotatable bonds is 4. The average molecular weight is 215 g/mol. The fraction of sp³-hybridized carbons (Fsp3) is 0.455. The first kappa shape index (κ1) is 12.1. The number of hydrogen-bond donors (Lipinski definition) is 2. The van der Waals surface area contributed by atoms with Crippen LogP contribution in [0, 0.1) is 17.6 Å². The molecule has 0 aliphatic heterocycles. The van der Waals surface area contributed by atoms with Crippen LogP contribution in [0.15, 0.2) is 18.2 Å². The Morgan fingerprint density at radius 2 is 2.07 bits per heavy atom. The first-order valence-corrected chi connectivity index (χ1v) is 4.93. The van der Waals surface area contributed by atoms with E-state index in [1.165, 1.54) is 12.1 Å². The molecule has 1 rings (SSSR count). The molecule has 0 amide bonds. The summed E-state index contributed by atoms with van der Waals surface area (Å²) in [4.78, 5) is 0.